The van der Waals surface area contributed by atoms with Gasteiger partial charge >= 0.3 is 5.97 Å². The fourth-order valence-corrected chi connectivity index (χ4v) is 1.81. The molecule has 0 aliphatic carbocycles. The summed E-state index contributed by atoms with van der Waals surface area (Å²) >= 11 is 0. The number of aromatic carboxylic acids is 1. The van der Waals surface area contributed by atoms with Crippen molar-refractivity contribution in [3.05, 3.63) is 47.2 Å². The minimum absolute atomic E-state index is 0.0808. The molecule has 1 heterocycles. The standard InChI is InChI=1S/C14H14FNO4/c1-8-5-10(20-13(8)14(17)18)7-16-9-3-4-12(19-2)11(15)6-9/h3-6,16H,7H2,1-2H3,(H,17,18). The number of halogens is 1. The molecular formula is C14H14FNO4. The largest absolute Gasteiger partial charge is 0.494 e. The average Bonchev–Trinajstić information content (AvgIpc) is 2.78. The zero-order valence-electron chi connectivity index (χ0n) is 11.1. The normalized spacial score (nSPS) is 10.3. The number of rotatable bonds is 5. The molecule has 1 aromatic carbocycles. The molecule has 0 aliphatic rings. The molecule has 0 saturated carbocycles. The lowest BCUT2D eigenvalue weighted by molar-refractivity contribution is 0.0659. The zero-order valence-corrected chi connectivity index (χ0v) is 11.1. The second-order valence-electron chi connectivity index (χ2n) is 4.23. The van der Waals surface area contributed by atoms with Gasteiger partial charge < -0.3 is 19.6 Å². The van der Waals surface area contributed by atoms with Crippen LogP contribution in [0.5, 0.6) is 5.75 Å². The van der Waals surface area contributed by atoms with E-state index < -0.39 is 11.8 Å². The van der Waals surface area contributed by atoms with E-state index in [0.717, 1.165) is 0 Å². The van der Waals surface area contributed by atoms with E-state index in [4.69, 9.17) is 14.3 Å². The first-order valence-electron chi connectivity index (χ1n) is 5.91. The summed E-state index contributed by atoms with van der Waals surface area (Å²) in [6.45, 7) is 1.92. The molecule has 0 saturated heterocycles. The van der Waals surface area contributed by atoms with Crippen molar-refractivity contribution in [3.8, 4) is 5.75 Å². The van der Waals surface area contributed by atoms with Crippen LogP contribution in [-0.4, -0.2) is 18.2 Å². The monoisotopic (exact) mass is 279 g/mol. The summed E-state index contributed by atoms with van der Waals surface area (Å²) in [7, 11) is 1.39. The van der Waals surface area contributed by atoms with Crippen molar-refractivity contribution in [2.75, 3.05) is 12.4 Å². The van der Waals surface area contributed by atoms with E-state index in [-0.39, 0.29) is 18.1 Å². The summed E-state index contributed by atoms with van der Waals surface area (Å²) in [5, 5.41) is 11.8. The molecule has 0 atom stereocenters. The molecule has 106 valence electrons. The highest BCUT2D eigenvalue weighted by molar-refractivity contribution is 5.86. The summed E-state index contributed by atoms with van der Waals surface area (Å²) in [5.74, 6) is -1.03. The van der Waals surface area contributed by atoms with Gasteiger partial charge in [0, 0.05) is 17.3 Å². The summed E-state index contributed by atoms with van der Waals surface area (Å²) in [6, 6.07) is 6.10. The van der Waals surface area contributed by atoms with E-state index in [1.54, 1.807) is 19.1 Å². The Bertz CT molecular complexity index is 636. The Morgan fingerprint density at radius 3 is 2.75 bits per heavy atom. The molecule has 0 aliphatic heterocycles. The maximum atomic E-state index is 13.5. The molecule has 20 heavy (non-hydrogen) atoms. The third kappa shape index (κ3) is 2.90. The SMILES string of the molecule is COc1ccc(NCc2cc(C)c(C(=O)O)o2)cc1F. The highest BCUT2D eigenvalue weighted by atomic mass is 19.1. The van der Waals surface area contributed by atoms with Crippen molar-refractivity contribution in [3.63, 3.8) is 0 Å². The van der Waals surface area contributed by atoms with Crippen LogP contribution >= 0.6 is 0 Å². The fourth-order valence-electron chi connectivity index (χ4n) is 1.81. The molecular weight excluding hydrogens is 265 g/mol. The van der Waals surface area contributed by atoms with Gasteiger partial charge in [0.25, 0.3) is 0 Å². The Balaban J connectivity index is 2.07. The minimum Gasteiger partial charge on any atom is -0.494 e. The van der Waals surface area contributed by atoms with Crippen LogP contribution in [0.2, 0.25) is 0 Å². The highest BCUT2D eigenvalue weighted by Crippen LogP contribution is 2.22. The molecule has 0 unspecified atom stereocenters. The third-order valence-electron chi connectivity index (χ3n) is 2.78. The van der Waals surface area contributed by atoms with Crippen LogP contribution < -0.4 is 10.1 Å². The third-order valence-corrected chi connectivity index (χ3v) is 2.78. The van der Waals surface area contributed by atoms with Gasteiger partial charge in [0.2, 0.25) is 5.76 Å². The zero-order chi connectivity index (χ0) is 14.7. The second-order valence-corrected chi connectivity index (χ2v) is 4.23. The Morgan fingerprint density at radius 2 is 2.20 bits per heavy atom. The van der Waals surface area contributed by atoms with Crippen LogP contribution in [0.25, 0.3) is 0 Å². The number of ether oxygens (including phenoxy) is 1. The summed E-state index contributed by atoms with van der Waals surface area (Å²) in [6.07, 6.45) is 0. The molecule has 2 N–H and O–H groups in total. The van der Waals surface area contributed by atoms with E-state index in [1.807, 2.05) is 0 Å². The molecule has 0 bridgehead atoms. The number of nitrogens with one attached hydrogen (secondary N) is 1. The number of benzene rings is 1. The van der Waals surface area contributed by atoms with E-state index in [0.29, 0.717) is 17.0 Å². The molecule has 5 nitrogen and oxygen atoms in total. The van der Waals surface area contributed by atoms with E-state index in [9.17, 15) is 9.18 Å². The number of aryl methyl sites for hydroxylation is 1. The minimum atomic E-state index is -1.11. The number of carbonyl (C=O) groups is 1. The van der Waals surface area contributed by atoms with Gasteiger partial charge in [-0.25, -0.2) is 9.18 Å². The lowest BCUT2D eigenvalue weighted by Crippen LogP contribution is -1.99. The van der Waals surface area contributed by atoms with Gasteiger partial charge in [-0.1, -0.05) is 0 Å². The van der Waals surface area contributed by atoms with Gasteiger partial charge in [0.05, 0.1) is 13.7 Å². The van der Waals surface area contributed by atoms with Crippen LogP contribution in [0.4, 0.5) is 10.1 Å². The quantitative estimate of drug-likeness (QED) is 0.880. The molecule has 0 spiro atoms. The molecule has 0 amide bonds. The maximum absolute atomic E-state index is 13.5. The van der Waals surface area contributed by atoms with Crippen molar-refractivity contribution in [2.45, 2.75) is 13.5 Å². The van der Waals surface area contributed by atoms with Crippen LogP contribution in [0.1, 0.15) is 21.9 Å². The first kappa shape index (κ1) is 13.9. The van der Waals surface area contributed by atoms with Gasteiger partial charge in [-0.05, 0) is 25.1 Å². The first-order valence-corrected chi connectivity index (χ1v) is 5.91. The number of hydrogen-bond donors (Lipinski definition) is 2. The molecule has 2 rings (SSSR count). The Hall–Kier alpha value is -2.50. The Kier molecular flexibility index (Phi) is 3.93. The lowest BCUT2D eigenvalue weighted by atomic mass is 10.2. The highest BCUT2D eigenvalue weighted by Gasteiger charge is 2.14. The number of anilines is 1. The van der Waals surface area contributed by atoms with E-state index in [2.05, 4.69) is 5.32 Å². The Morgan fingerprint density at radius 1 is 1.45 bits per heavy atom. The van der Waals surface area contributed by atoms with E-state index in [1.165, 1.54) is 19.2 Å². The smallest absolute Gasteiger partial charge is 0.372 e. The number of carboxylic acid groups (broad SMARTS) is 1. The van der Waals surface area contributed by atoms with Crippen LogP contribution in [-0.2, 0) is 6.54 Å². The van der Waals surface area contributed by atoms with Gasteiger partial charge in [-0.3, -0.25) is 0 Å². The summed E-state index contributed by atoms with van der Waals surface area (Å²) in [5.41, 5.74) is 1.10. The van der Waals surface area contributed by atoms with Crippen molar-refractivity contribution in [1.82, 2.24) is 0 Å². The second kappa shape index (κ2) is 5.64. The van der Waals surface area contributed by atoms with Gasteiger partial charge in [-0.15, -0.1) is 0 Å². The number of carboxylic acids is 1. The summed E-state index contributed by atoms with van der Waals surface area (Å²) < 4.78 is 23.5. The van der Waals surface area contributed by atoms with Crippen molar-refractivity contribution in [1.29, 1.82) is 0 Å². The van der Waals surface area contributed by atoms with Crippen LogP contribution in [0, 0.1) is 12.7 Å². The van der Waals surface area contributed by atoms with Crippen LogP contribution in [0.15, 0.2) is 28.7 Å². The van der Waals surface area contributed by atoms with E-state index >= 15 is 0 Å². The molecule has 6 heteroatoms. The first-order chi connectivity index (χ1) is 9.51. The lowest BCUT2D eigenvalue weighted by Gasteiger charge is -2.06. The van der Waals surface area contributed by atoms with Gasteiger partial charge in [0.15, 0.2) is 11.6 Å². The number of methoxy groups -OCH3 is 1. The predicted molar refractivity (Wildman–Crippen MR) is 70.7 cm³/mol. The van der Waals surface area contributed by atoms with Crippen LogP contribution in [0.3, 0.4) is 0 Å². The molecule has 0 radical (unpaired) electrons. The van der Waals surface area contributed by atoms with Crippen molar-refractivity contribution >= 4 is 11.7 Å². The summed E-state index contributed by atoms with van der Waals surface area (Å²) in [4.78, 5) is 10.8. The molecule has 1 aromatic heterocycles. The Labute approximate surface area is 115 Å². The van der Waals surface area contributed by atoms with Gasteiger partial charge in [0.1, 0.15) is 5.76 Å². The maximum Gasteiger partial charge on any atom is 0.372 e. The fraction of sp³-hybridized carbons (Fsp3) is 0.214. The van der Waals surface area contributed by atoms with Crippen molar-refractivity contribution < 1.29 is 23.4 Å². The average molecular weight is 279 g/mol. The number of hydrogen-bond acceptors (Lipinski definition) is 4. The predicted octanol–water partition coefficient (Wildman–Crippen LogP) is 3.05. The van der Waals surface area contributed by atoms with Gasteiger partial charge in [-0.2, -0.15) is 0 Å². The number of furan rings is 1. The topological polar surface area (TPSA) is 71.7 Å². The molecule has 0 fully saturated rings. The molecule has 2 aromatic rings. The van der Waals surface area contributed by atoms with Crippen molar-refractivity contribution in [2.24, 2.45) is 0 Å².